The molecule has 326 valence electrons. The number of rotatable bonds is 4. The lowest BCUT2D eigenvalue weighted by atomic mass is 10.1. The van der Waals surface area contributed by atoms with Gasteiger partial charge in [0.15, 0.2) is 0 Å². The zero-order valence-electron chi connectivity index (χ0n) is 32.9. The second kappa shape index (κ2) is 19.5. The standard InChI is InChI=1S/C18H24ClN5O5.C18H25N5O5.2CH4/c1-18(2,3)29-17(28)23-8-6-22(7-9-23)12-10-20-24(16(27)14(12)19)11-4-5-13(25)21-15(11)26;1-18(2,3)28-17(27)22-8-6-21(7-9-22)12-10-15(25)23(19-11-12)13-4-5-14(24)20-16(13)26;;/h10-11H,4-9H2,1-3H3,(H,21,25,26);10-11,13H,4-9H2,1-3H3,(H,20,24,26);2*1H4. The van der Waals surface area contributed by atoms with Crippen LogP contribution in [-0.4, -0.2) is 129 Å². The molecule has 0 saturated carbocycles. The molecule has 0 aliphatic carbocycles. The van der Waals surface area contributed by atoms with Gasteiger partial charge in [-0.25, -0.2) is 19.0 Å². The van der Waals surface area contributed by atoms with Gasteiger partial charge in [0.1, 0.15) is 28.3 Å². The Morgan fingerprint density at radius 2 is 1.08 bits per heavy atom. The van der Waals surface area contributed by atoms with Crippen molar-refractivity contribution in [3.05, 3.63) is 44.2 Å². The lowest BCUT2D eigenvalue weighted by Crippen LogP contribution is -2.50. The molecule has 2 unspecified atom stereocenters. The van der Waals surface area contributed by atoms with E-state index in [4.69, 9.17) is 21.1 Å². The third-order valence-corrected chi connectivity index (χ3v) is 9.67. The number of piperazine rings is 2. The van der Waals surface area contributed by atoms with Gasteiger partial charge in [-0.15, -0.1) is 0 Å². The number of imide groups is 2. The van der Waals surface area contributed by atoms with E-state index < -0.39 is 46.2 Å². The number of ether oxygens (including phenoxy) is 2. The summed E-state index contributed by atoms with van der Waals surface area (Å²) in [7, 11) is 0. The maximum Gasteiger partial charge on any atom is 0.410 e. The Bertz CT molecular complexity index is 2010. The largest absolute Gasteiger partial charge is 0.444 e. The molecular weight excluding hydrogens is 792 g/mol. The van der Waals surface area contributed by atoms with E-state index in [1.165, 1.54) is 18.5 Å². The van der Waals surface area contributed by atoms with Crippen molar-refractivity contribution in [2.75, 3.05) is 62.2 Å². The van der Waals surface area contributed by atoms with Crippen molar-refractivity contribution < 1.29 is 38.2 Å². The number of nitrogens with one attached hydrogen (secondary N) is 2. The van der Waals surface area contributed by atoms with Crippen molar-refractivity contribution in [1.29, 1.82) is 0 Å². The van der Waals surface area contributed by atoms with Crippen LogP contribution in [0.1, 0.15) is 94.2 Å². The number of hydrogen-bond donors (Lipinski definition) is 2. The minimum absolute atomic E-state index is 0. The van der Waals surface area contributed by atoms with Crippen LogP contribution in [0.2, 0.25) is 5.02 Å². The first-order valence-electron chi connectivity index (χ1n) is 18.7. The molecule has 59 heavy (non-hydrogen) atoms. The van der Waals surface area contributed by atoms with Crippen LogP contribution in [0.4, 0.5) is 21.0 Å². The topological polar surface area (TPSA) is 228 Å². The molecule has 4 aliphatic heterocycles. The lowest BCUT2D eigenvalue weighted by Gasteiger charge is -2.36. The van der Waals surface area contributed by atoms with Crippen molar-refractivity contribution in [3.63, 3.8) is 0 Å². The quantitative estimate of drug-likeness (QED) is 0.422. The number of amides is 6. The number of nitrogens with zero attached hydrogens (tertiary/aromatic N) is 8. The maximum absolute atomic E-state index is 12.7. The van der Waals surface area contributed by atoms with Gasteiger partial charge < -0.3 is 29.1 Å². The second-order valence-corrected chi connectivity index (χ2v) is 16.3. The van der Waals surface area contributed by atoms with Crippen LogP contribution in [0.5, 0.6) is 0 Å². The summed E-state index contributed by atoms with van der Waals surface area (Å²) in [6.45, 7) is 14.7. The second-order valence-electron chi connectivity index (χ2n) is 15.9. The fourth-order valence-corrected chi connectivity index (χ4v) is 6.71. The summed E-state index contributed by atoms with van der Waals surface area (Å²) in [6, 6.07) is -0.209. The normalized spacial score (nSPS) is 19.9. The van der Waals surface area contributed by atoms with Crippen molar-refractivity contribution >= 4 is 58.8 Å². The van der Waals surface area contributed by atoms with E-state index >= 15 is 0 Å². The molecule has 4 aliphatic rings. The summed E-state index contributed by atoms with van der Waals surface area (Å²) in [5.41, 5.74) is -1.02. The molecule has 6 heterocycles. The number of carbonyl (C=O) groups excluding carboxylic acids is 6. The van der Waals surface area contributed by atoms with Crippen molar-refractivity contribution in [2.45, 2.75) is 105 Å². The molecule has 20 nitrogen and oxygen atoms in total. The van der Waals surface area contributed by atoms with E-state index in [0.717, 1.165) is 9.36 Å². The minimum Gasteiger partial charge on any atom is -0.444 e. The molecule has 2 N–H and O–H groups in total. The highest BCUT2D eigenvalue weighted by molar-refractivity contribution is 6.33. The molecule has 4 fully saturated rings. The summed E-state index contributed by atoms with van der Waals surface area (Å²) in [6.07, 6.45) is 3.02. The van der Waals surface area contributed by atoms with Gasteiger partial charge in [0.25, 0.3) is 22.9 Å². The number of piperidine rings is 2. The van der Waals surface area contributed by atoms with E-state index in [9.17, 15) is 38.4 Å². The summed E-state index contributed by atoms with van der Waals surface area (Å²) >= 11 is 6.29. The van der Waals surface area contributed by atoms with Gasteiger partial charge in [0.05, 0.1) is 23.8 Å². The number of hydrogen-bond acceptors (Lipinski definition) is 14. The highest BCUT2D eigenvalue weighted by Gasteiger charge is 2.33. The first-order valence-corrected chi connectivity index (χ1v) is 19.1. The third kappa shape index (κ3) is 12.2. The molecule has 0 aromatic carbocycles. The molecule has 6 rings (SSSR count). The Morgan fingerprint density at radius 3 is 1.51 bits per heavy atom. The summed E-state index contributed by atoms with van der Waals surface area (Å²) < 4.78 is 12.9. The van der Waals surface area contributed by atoms with Crippen LogP contribution in [-0.2, 0) is 28.7 Å². The number of halogens is 1. The SMILES string of the molecule is C.C.CC(C)(C)OC(=O)N1CCN(c2cnn(C3CCC(=O)NC3=O)c(=O)c2)CC1.CC(C)(C)OC(=O)N1CCN(c2cnn(C3CCC(=O)NC3=O)c(=O)c2Cl)CC1. The fourth-order valence-electron chi connectivity index (χ4n) is 6.45. The van der Waals surface area contributed by atoms with Crippen molar-refractivity contribution in [1.82, 2.24) is 40.0 Å². The summed E-state index contributed by atoms with van der Waals surface area (Å²) in [4.78, 5) is 103. The lowest BCUT2D eigenvalue weighted by molar-refractivity contribution is -0.137. The van der Waals surface area contributed by atoms with Gasteiger partial charge >= 0.3 is 12.2 Å². The molecular formula is C38H57ClN10O10. The third-order valence-electron chi connectivity index (χ3n) is 9.32. The van der Waals surface area contributed by atoms with Gasteiger partial charge in [-0.3, -0.25) is 39.4 Å². The maximum atomic E-state index is 12.7. The molecule has 0 bridgehead atoms. The summed E-state index contributed by atoms with van der Waals surface area (Å²) in [5.74, 6) is -1.78. The van der Waals surface area contributed by atoms with Crippen LogP contribution in [0.3, 0.4) is 0 Å². The molecule has 2 atom stereocenters. The zero-order valence-corrected chi connectivity index (χ0v) is 33.7. The monoisotopic (exact) mass is 848 g/mol. The molecule has 0 spiro atoms. The highest BCUT2D eigenvalue weighted by atomic mass is 35.5. The fraction of sp³-hybridized carbons (Fsp3) is 0.632. The number of carbonyl (C=O) groups is 6. The first kappa shape index (κ1) is 47.8. The van der Waals surface area contributed by atoms with Gasteiger partial charge in [0, 0.05) is 71.3 Å². The van der Waals surface area contributed by atoms with E-state index in [1.54, 1.807) is 9.80 Å². The molecule has 2 aromatic rings. The molecule has 0 radical (unpaired) electrons. The Kier molecular flexibility index (Phi) is 15.8. The van der Waals surface area contributed by atoms with Gasteiger partial charge in [-0.2, -0.15) is 10.2 Å². The predicted molar refractivity (Wildman–Crippen MR) is 218 cm³/mol. The number of aromatic nitrogens is 4. The van der Waals surface area contributed by atoms with Crippen LogP contribution >= 0.6 is 11.6 Å². The smallest absolute Gasteiger partial charge is 0.410 e. The highest BCUT2D eigenvalue weighted by Crippen LogP contribution is 2.25. The minimum atomic E-state index is -0.865. The Balaban J connectivity index is 0.000000305. The zero-order chi connectivity index (χ0) is 41.8. The first-order chi connectivity index (χ1) is 26.7. The molecule has 4 saturated heterocycles. The van der Waals surface area contributed by atoms with Crippen LogP contribution in [0, 0.1) is 0 Å². The average molecular weight is 849 g/mol. The van der Waals surface area contributed by atoms with Crippen LogP contribution < -0.4 is 31.6 Å². The van der Waals surface area contributed by atoms with Crippen LogP contribution in [0.15, 0.2) is 28.0 Å². The van der Waals surface area contributed by atoms with Gasteiger partial charge in [0.2, 0.25) is 11.8 Å². The van der Waals surface area contributed by atoms with Crippen LogP contribution in [0.25, 0.3) is 0 Å². The Morgan fingerprint density at radius 1 is 0.661 bits per heavy atom. The molecule has 6 amide bonds. The molecule has 21 heteroatoms. The Hall–Kier alpha value is -5.53. The Labute approximate surface area is 348 Å². The van der Waals surface area contributed by atoms with E-state index in [0.29, 0.717) is 63.7 Å². The molecule has 2 aromatic heterocycles. The van der Waals surface area contributed by atoms with E-state index in [2.05, 4.69) is 20.8 Å². The van der Waals surface area contributed by atoms with Gasteiger partial charge in [-0.05, 0) is 54.4 Å². The van der Waals surface area contributed by atoms with E-state index in [1.807, 2.05) is 51.3 Å². The number of anilines is 2. The predicted octanol–water partition coefficient (Wildman–Crippen LogP) is 2.48. The van der Waals surface area contributed by atoms with Crippen molar-refractivity contribution in [2.24, 2.45) is 0 Å². The van der Waals surface area contributed by atoms with Crippen molar-refractivity contribution in [3.8, 4) is 0 Å². The average Bonchev–Trinajstić information content (AvgIpc) is 3.12. The van der Waals surface area contributed by atoms with E-state index in [-0.39, 0.29) is 69.6 Å². The summed E-state index contributed by atoms with van der Waals surface area (Å²) in [5, 5.41) is 12.6. The van der Waals surface area contributed by atoms with Gasteiger partial charge in [-0.1, -0.05) is 26.5 Å².